The largest absolute Gasteiger partial charge is 0.295 e. The average Bonchev–Trinajstić information content (AvgIpc) is 2.53. The van der Waals surface area contributed by atoms with Gasteiger partial charge in [-0.15, -0.1) is 0 Å². The van der Waals surface area contributed by atoms with Crippen LogP contribution in [0.25, 0.3) is 10.8 Å². The van der Waals surface area contributed by atoms with E-state index in [0.29, 0.717) is 11.9 Å². The maximum atomic E-state index is 12.8. The lowest BCUT2D eigenvalue weighted by molar-refractivity contribution is 0.0610. The minimum absolute atomic E-state index is 0.187. The van der Waals surface area contributed by atoms with Gasteiger partial charge in [-0.25, -0.2) is 0 Å². The molecule has 2 amide bonds. The van der Waals surface area contributed by atoms with Gasteiger partial charge in [0, 0.05) is 37.2 Å². The van der Waals surface area contributed by atoms with Gasteiger partial charge in [-0.2, -0.15) is 8.42 Å². The van der Waals surface area contributed by atoms with Gasteiger partial charge in [-0.1, -0.05) is 31.3 Å². The van der Waals surface area contributed by atoms with Gasteiger partial charge in [-0.3, -0.25) is 19.0 Å². The van der Waals surface area contributed by atoms with Crippen LogP contribution < -0.4 is 0 Å². The van der Waals surface area contributed by atoms with Crippen LogP contribution in [0.15, 0.2) is 35.2 Å². The summed E-state index contributed by atoms with van der Waals surface area (Å²) in [5.41, 5.74) is 0.576. The molecule has 1 N–H and O–H groups in total. The lowest BCUT2D eigenvalue weighted by atomic mass is 9.94. The number of imide groups is 1. The molecule has 2 aromatic rings. The smallest absolute Gasteiger partial charge is 0.282 e. The Hall–Kier alpha value is -2.03. The van der Waals surface area contributed by atoms with Gasteiger partial charge in [0.1, 0.15) is 4.90 Å². The Balaban J connectivity index is 2.12. The van der Waals surface area contributed by atoms with Crippen LogP contribution in [-0.4, -0.2) is 45.0 Å². The van der Waals surface area contributed by atoms with Crippen LogP contribution in [0.2, 0.25) is 19.1 Å². The Bertz CT molecular complexity index is 962. The molecule has 0 saturated carbocycles. The van der Waals surface area contributed by atoms with E-state index in [1.165, 1.54) is 23.1 Å². The summed E-state index contributed by atoms with van der Waals surface area (Å²) < 4.78 is 32.6. The summed E-state index contributed by atoms with van der Waals surface area (Å²) in [6.45, 7) is 4.71. The Kier molecular flexibility index (Phi) is 4.52. The zero-order chi connectivity index (χ0) is 18.4. The van der Waals surface area contributed by atoms with E-state index in [1.807, 2.05) is 0 Å². The maximum Gasteiger partial charge on any atom is 0.295 e. The fourth-order valence-corrected chi connectivity index (χ4v) is 4.69. The van der Waals surface area contributed by atoms with Crippen LogP contribution in [0.5, 0.6) is 0 Å². The predicted octanol–water partition coefficient (Wildman–Crippen LogP) is 2.83. The van der Waals surface area contributed by atoms with E-state index in [2.05, 4.69) is 13.1 Å². The van der Waals surface area contributed by atoms with Gasteiger partial charge in [0.25, 0.3) is 21.9 Å². The van der Waals surface area contributed by atoms with Crippen LogP contribution in [0.4, 0.5) is 0 Å². The monoisotopic (exact) mass is 376 g/mol. The molecule has 2 aromatic carbocycles. The van der Waals surface area contributed by atoms with Crippen molar-refractivity contribution in [2.24, 2.45) is 0 Å². The minimum Gasteiger partial charge on any atom is -0.282 e. The van der Waals surface area contributed by atoms with Crippen molar-refractivity contribution >= 4 is 41.5 Å². The molecular formula is C17H18NO5SSi. The highest BCUT2D eigenvalue weighted by molar-refractivity contribution is 7.86. The van der Waals surface area contributed by atoms with Crippen molar-refractivity contribution in [1.82, 2.24) is 4.90 Å². The maximum absolute atomic E-state index is 12.8. The van der Waals surface area contributed by atoms with Crippen molar-refractivity contribution in [3.8, 4) is 0 Å². The molecule has 1 aliphatic heterocycles. The van der Waals surface area contributed by atoms with E-state index >= 15 is 0 Å². The molecule has 0 aromatic heterocycles. The van der Waals surface area contributed by atoms with E-state index in [-0.39, 0.29) is 21.4 Å². The summed E-state index contributed by atoms with van der Waals surface area (Å²) in [4.78, 5) is 26.4. The molecule has 1 aliphatic rings. The molecule has 0 bridgehead atoms. The average molecular weight is 376 g/mol. The Morgan fingerprint density at radius 1 is 1.04 bits per heavy atom. The summed E-state index contributed by atoms with van der Waals surface area (Å²) in [5.74, 6) is -0.840. The number of hydrogen-bond acceptors (Lipinski definition) is 4. The number of carbonyl (C=O) groups excluding carboxylic acids is 2. The van der Waals surface area contributed by atoms with Crippen LogP contribution in [0, 0.1) is 0 Å². The minimum atomic E-state index is -4.45. The van der Waals surface area contributed by atoms with E-state index in [1.54, 1.807) is 12.1 Å². The second-order valence-corrected chi connectivity index (χ2v) is 10.7. The number of hydrogen-bond donors (Lipinski definition) is 1. The number of benzene rings is 2. The van der Waals surface area contributed by atoms with Crippen molar-refractivity contribution in [2.75, 3.05) is 6.54 Å². The van der Waals surface area contributed by atoms with Gasteiger partial charge in [0.15, 0.2) is 0 Å². The zero-order valence-electron chi connectivity index (χ0n) is 13.9. The second-order valence-electron chi connectivity index (χ2n) is 6.39. The molecule has 1 heterocycles. The Morgan fingerprint density at radius 3 is 2.28 bits per heavy atom. The van der Waals surface area contributed by atoms with E-state index in [0.717, 1.165) is 12.5 Å². The van der Waals surface area contributed by atoms with Gasteiger partial charge >= 0.3 is 0 Å². The van der Waals surface area contributed by atoms with Gasteiger partial charge in [0.2, 0.25) is 0 Å². The third-order valence-electron chi connectivity index (χ3n) is 4.29. The van der Waals surface area contributed by atoms with Crippen molar-refractivity contribution in [2.45, 2.75) is 30.5 Å². The highest BCUT2D eigenvalue weighted by Crippen LogP contribution is 2.33. The molecule has 0 atom stereocenters. The topological polar surface area (TPSA) is 91.8 Å². The fourth-order valence-electron chi connectivity index (χ4n) is 3.14. The molecule has 0 fully saturated rings. The van der Waals surface area contributed by atoms with Crippen LogP contribution >= 0.6 is 0 Å². The first-order valence-electron chi connectivity index (χ1n) is 7.90. The van der Waals surface area contributed by atoms with Crippen LogP contribution in [-0.2, 0) is 10.1 Å². The number of amides is 2. The number of nitrogens with zero attached hydrogens (tertiary/aromatic N) is 1. The fraction of sp³-hybridized carbons (Fsp3) is 0.294. The molecular weight excluding hydrogens is 358 g/mol. The van der Waals surface area contributed by atoms with Gasteiger partial charge < -0.3 is 0 Å². The van der Waals surface area contributed by atoms with E-state index < -0.39 is 30.7 Å². The normalized spacial score (nSPS) is 14.6. The Morgan fingerprint density at radius 2 is 1.68 bits per heavy atom. The molecule has 8 heteroatoms. The van der Waals surface area contributed by atoms with Crippen molar-refractivity contribution in [3.05, 3.63) is 41.5 Å². The number of carbonyl (C=O) groups is 2. The molecule has 0 aliphatic carbocycles. The van der Waals surface area contributed by atoms with E-state index in [4.69, 9.17) is 0 Å². The summed E-state index contributed by atoms with van der Waals surface area (Å²) in [5, 5.41) is 0.478. The third-order valence-corrected chi connectivity index (χ3v) is 6.55. The molecule has 3 rings (SSSR count). The lowest BCUT2D eigenvalue weighted by Gasteiger charge is -2.27. The molecule has 0 unspecified atom stereocenters. The highest BCUT2D eigenvalue weighted by Gasteiger charge is 2.33. The summed E-state index contributed by atoms with van der Waals surface area (Å²) in [7, 11) is -4.89. The van der Waals surface area contributed by atoms with Gasteiger partial charge in [-0.05, 0) is 24.6 Å². The predicted molar refractivity (Wildman–Crippen MR) is 96.0 cm³/mol. The highest BCUT2D eigenvalue weighted by atomic mass is 32.2. The molecule has 0 saturated heterocycles. The first kappa shape index (κ1) is 17.8. The van der Waals surface area contributed by atoms with Crippen molar-refractivity contribution < 1.29 is 22.6 Å². The quantitative estimate of drug-likeness (QED) is 0.492. The standard InChI is InChI=1S/C17H18NO5SSi/c1-25(2)10-4-9-18-16(19)12-6-3-5-11-14(24(21,22)23)8-7-13(15(11)12)17(18)20/h3,5-8H,4,9-10H2,1-2H3,(H,21,22,23). The zero-order valence-corrected chi connectivity index (χ0v) is 15.8. The Labute approximate surface area is 147 Å². The van der Waals surface area contributed by atoms with Crippen LogP contribution in [0.3, 0.4) is 0 Å². The molecule has 131 valence electrons. The van der Waals surface area contributed by atoms with Gasteiger partial charge in [0.05, 0.1) is 0 Å². The molecule has 25 heavy (non-hydrogen) atoms. The summed E-state index contributed by atoms with van der Waals surface area (Å²) >= 11 is 0. The summed E-state index contributed by atoms with van der Waals surface area (Å²) in [6.07, 6.45) is 0.757. The first-order valence-corrected chi connectivity index (χ1v) is 12.0. The molecule has 1 radical (unpaired) electrons. The van der Waals surface area contributed by atoms with Crippen LogP contribution in [0.1, 0.15) is 27.1 Å². The molecule has 6 nitrogen and oxygen atoms in total. The SMILES string of the molecule is C[Si](C)CCCN1C(=O)c2cccc3c(S(=O)(=O)O)ccc(c23)C1=O. The summed E-state index contributed by atoms with van der Waals surface area (Å²) in [6, 6.07) is 8.20. The first-order chi connectivity index (χ1) is 11.7. The molecule has 0 spiro atoms. The van der Waals surface area contributed by atoms with Crippen molar-refractivity contribution in [1.29, 1.82) is 0 Å². The second kappa shape index (κ2) is 6.36. The van der Waals surface area contributed by atoms with Crippen molar-refractivity contribution in [3.63, 3.8) is 0 Å². The van der Waals surface area contributed by atoms with E-state index in [9.17, 15) is 22.6 Å². The number of rotatable bonds is 5. The third kappa shape index (κ3) is 3.12. The lowest BCUT2D eigenvalue weighted by Crippen LogP contribution is -2.41.